The number of hydrogen-bond donors (Lipinski definition) is 0. The number of carbonyl (C=O) groups excluding carboxylic acids is 1. The number of carbonyl (C=O) groups is 1. The molecule has 7 heteroatoms. The Hall–Kier alpha value is -3.87. The zero-order valence-electron chi connectivity index (χ0n) is 15.7. The number of rotatable bonds is 8. The second-order valence-corrected chi connectivity index (χ2v) is 6.06. The van der Waals surface area contributed by atoms with Crippen LogP contribution in [-0.2, 0) is 16.1 Å². The molecule has 29 heavy (non-hydrogen) atoms. The molecule has 0 aliphatic carbocycles. The number of hydrogen-bond acceptors (Lipinski definition) is 6. The maximum atomic E-state index is 12.1. The van der Waals surface area contributed by atoms with Gasteiger partial charge < -0.3 is 14.2 Å². The van der Waals surface area contributed by atoms with Crippen LogP contribution in [0, 0.1) is 10.1 Å². The highest BCUT2D eigenvalue weighted by Gasteiger charge is 2.14. The van der Waals surface area contributed by atoms with Crippen LogP contribution < -0.4 is 9.47 Å². The Kier molecular flexibility index (Phi) is 6.42. The highest BCUT2D eigenvalue weighted by atomic mass is 16.6. The summed E-state index contributed by atoms with van der Waals surface area (Å²) in [5, 5.41) is 10.9. The van der Waals surface area contributed by atoms with Crippen LogP contribution >= 0.6 is 0 Å². The lowest BCUT2D eigenvalue weighted by Gasteiger charge is -2.12. The third-order valence-electron chi connectivity index (χ3n) is 4.18. The van der Waals surface area contributed by atoms with E-state index in [9.17, 15) is 14.9 Å². The molecule has 0 bridgehead atoms. The Morgan fingerprint density at radius 3 is 2.41 bits per heavy atom. The lowest BCUT2D eigenvalue weighted by Crippen LogP contribution is -2.15. The molecule has 0 aromatic heterocycles. The van der Waals surface area contributed by atoms with Crippen molar-refractivity contribution in [2.45, 2.75) is 6.61 Å². The van der Waals surface area contributed by atoms with Gasteiger partial charge in [0.25, 0.3) is 5.69 Å². The second kappa shape index (κ2) is 9.36. The molecule has 7 nitrogen and oxygen atoms in total. The van der Waals surface area contributed by atoms with Crippen molar-refractivity contribution < 1.29 is 23.9 Å². The number of para-hydroxylation sites is 1. The molecule has 0 atom stereocenters. The van der Waals surface area contributed by atoms with Gasteiger partial charge in [0.2, 0.25) is 0 Å². The van der Waals surface area contributed by atoms with E-state index in [-0.39, 0.29) is 18.9 Å². The average molecular weight is 393 g/mol. The van der Waals surface area contributed by atoms with E-state index in [4.69, 9.17) is 14.2 Å². The monoisotopic (exact) mass is 393 g/mol. The maximum absolute atomic E-state index is 12.1. The van der Waals surface area contributed by atoms with Gasteiger partial charge in [0.15, 0.2) is 6.61 Å². The molecule has 0 unspecified atom stereocenters. The van der Waals surface area contributed by atoms with Crippen molar-refractivity contribution in [3.8, 4) is 22.6 Å². The predicted molar refractivity (Wildman–Crippen MR) is 107 cm³/mol. The number of nitro groups is 1. The summed E-state index contributed by atoms with van der Waals surface area (Å²) in [6.07, 6.45) is 0. The SMILES string of the molecule is COc1ccc([N+](=O)[O-])cc1COC(=O)COc1ccccc1-c1ccccc1. The third-order valence-corrected chi connectivity index (χ3v) is 4.18. The average Bonchev–Trinajstić information content (AvgIpc) is 2.76. The molecular weight excluding hydrogens is 374 g/mol. The van der Waals surface area contributed by atoms with E-state index in [1.54, 1.807) is 6.07 Å². The molecule has 0 spiro atoms. The quantitative estimate of drug-likeness (QED) is 0.320. The number of methoxy groups -OCH3 is 1. The minimum Gasteiger partial charge on any atom is -0.496 e. The number of non-ortho nitro benzene ring substituents is 1. The van der Waals surface area contributed by atoms with Crippen molar-refractivity contribution in [2.75, 3.05) is 13.7 Å². The van der Waals surface area contributed by atoms with E-state index in [1.807, 2.05) is 48.5 Å². The smallest absolute Gasteiger partial charge is 0.344 e. The molecule has 0 radical (unpaired) electrons. The first-order valence-electron chi connectivity index (χ1n) is 8.82. The topological polar surface area (TPSA) is 87.9 Å². The molecule has 148 valence electrons. The summed E-state index contributed by atoms with van der Waals surface area (Å²) < 4.78 is 16.0. The number of nitrogens with zero attached hydrogens (tertiary/aromatic N) is 1. The highest BCUT2D eigenvalue weighted by Crippen LogP contribution is 2.29. The van der Waals surface area contributed by atoms with Crippen LogP contribution in [0.5, 0.6) is 11.5 Å². The highest BCUT2D eigenvalue weighted by molar-refractivity contribution is 5.73. The third kappa shape index (κ3) is 5.10. The Labute approximate surface area is 167 Å². The van der Waals surface area contributed by atoms with E-state index >= 15 is 0 Å². The normalized spacial score (nSPS) is 10.2. The van der Waals surface area contributed by atoms with Gasteiger partial charge in [-0.15, -0.1) is 0 Å². The van der Waals surface area contributed by atoms with Crippen molar-refractivity contribution in [1.82, 2.24) is 0 Å². The van der Waals surface area contributed by atoms with Gasteiger partial charge in [-0.3, -0.25) is 10.1 Å². The molecule has 0 N–H and O–H groups in total. The van der Waals surface area contributed by atoms with Crippen LogP contribution in [0.2, 0.25) is 0 Å². The van der Waals surface area contributed by atoms with E-state index < -0.39 is 10.9 Å². The zero-order valence-corrected chi connectivity index (χ0v) is 15.7. The molecule has 0 aliphatic heterocycles. The van der Waals surface area contributed by atoms with Gasteiger partial charge in [0.05, 0.1) is 12.0 Å². The van der Waals surface area contributed by atoms with Crippen LogP contribution in [0.4, 0.5) is 5.69 Å². The Balaban J connectivity index is 1.63. The van der Waals surface area contributed by atoms with Crippen molar-refractivity contribution >= 4 is 11.7 Å². The number of ether oxygens (including phenoxy) is 3. The van der Waals surface area contributed by atoms with Crippen molar-refractivity contribution in [2.24, 2.45) is 0 Å². The van der Waals surface area contributed by atoms with Crippen LogP contribution in [0.15, 0.2) is 72.8 Å². The fraction of sp³-hybridized carbons (Fsp3) is 0.136. The number of esters is 1. The first-order chi connectivity index (χ1) is 14.1. The molecule has 3 rings (SSSR count). The van der Waals surface area contributed by atoms with Crippen LogP contribution in [0.1, 0.15) is 5.56 Å². The van der Waals surface area contributed by atoms with Crippen molar-refractivity contribution in [3.63, 3.8) is 0 Å². The summed E-state index contributed by atoms with van der Waals surface area (Å²) in [4.78, 5) is 22.6. The summed E-state index contributed by atoms with van der Waals surface area (Å²) >= 11 is 0. The minimum atomic E-state index is -0.596. The summed E-state index contributed by atoms with van der Waals surface area (Å²) in [7, 11) is 1.44. The summed E-state index contributed by atoms with van der Waals surface area (Å²) in [5.74, 6) is 0.365. The van der Waals surface area contributed by atoms with E-state index in [2.05, 4.69) is 0 Å². The molecule has 0 fully saturated rings. The molecule has 0 aliphatic rings. The van der Waals surface area contributed by atoms with Crippen molar-refractivity contribution in [1.29, 1.82) is 0 Å². The van der Waals surface area contributed by atoms with E-state index in [0.29, 0.717) is 17.1 Å². The molecule has 0 amide bonds. The first kappa shape index (κ1) is 19.9. The standard InChI is InChI=1S/C22H19NO6/c1-27-20-12-11-18(23(25)26)13-17(20)14-29-22(24)15-28-21-10-6-5-9-19(21)16-7-3-2-4-8-16/h2-13H,14-15H2,1H3. The van der Waals surface area contributed by atoms with E-state index in [0.717, 1.165) is 11.1 Å². The lowest BCUT2D eigenvalue weighted by molar-refractivity contribution is -0.385. The molecule has 3 aromatic rings. The molecule has 0 heterocycles. The second-order valence-electron chi connectivity index (χ2n) is 6.06. The molecule has 0 saturated carbocycles. The summed E-state index contributed by atoms with van der Waals surface area (Å²) in [5.41, 5.74) is 2.13. The van der Waals surface area contributed by atoms with E-state index in [1.165, 1.54) is 25.3 Å². The van der Waals surface area contributed by atoms with Crippen LogP contribution in [0.25, 0.3) is 11.1 Å². The van der Waals surface area contributed by atoms with Gasteiger partial charge in [0, 0.05) is 23.3 Å². The van der Waals surface area contributed by atoms with Crippen LogP contribution in [0.3, 0.4) is 0 Å². The van der Waals surface area contributed by atoms with Gasteiger partial charge in [-0.25, -0.2) is 4.79 Å². The summed E-state index contributed by atoms with van der Waals surface area (Å²) in [6, 6.07) is 21.2. The molecular formula is C22H19NO6. The Morgan fingerprint density at radius 2 is 1.69 bits per heavy atom. The fourth-order valence-electron chi connectivity index (χ4n) is 2.78. The van der Waals surface area contributed by atoms with Gasteiger partial charge in [0.1, 0.15) is 18.1 Å². The number of nitro benzene ring substituents is 1. The lowest BCUT2D eigenvalue weighted by atomic mass is 10.1. The van der Waals surface area contributed by atoms with Crippen molar-refractivity contribution in [3.05, 3.63) is 88.5 Å². The Bertz CT molecular complexity index is 1000. The minimum absolute atomic E-state index is 0.107. The largest absolute Gasteiger partial charge is 0.496 e. The molecule has 3 aromatic carbocycles. The predicted octanol–water partition coefficient (Wildman–Crippen LogP) is 4.39. The van der Waals surface area contributed by atoms with Gasteiger partial charge in [-0.05, 0) is 17.7 Å². The molecule has 0 saturated heterocycles. The Morgan fingerprint density at radius 1 is 0.966 bits per heavy atom. The van der Waals surface area contributed by atoms with Crippen LogP contribution in [-0.4, -0.2) is 24.6 Å². The first-order valence-corrected chi connectivity index (χ1v) is 8.82. The summed E-state index contributed by atoms with van der Waals surface area (Å²) in [6.45, 7) is -0.450. The maximum Gasteiger partial charge on any atom is 0.344 e. The van der Waals surface area contributed by atoms with Gasteiger partial charge in [-0.2, -0.15) is 0 Å². The zero-order chi connectivity index (χ0) is 20.6. The number of benzene rings is 3. The van der Waals surface area contributed by atoms with Gasteiger partial charge >= 0.3 is 5.97 Å². The fourth-order valence-corrected chi connectivity index (χ4v) is 2.78. The van der Waals surface area contributed by atoms with Gasteiger partial charge in [-0.1, -0.05) is 48.5 Å².